The molecule has 0 saturated heterocycles. The molecule has 0 aliphatic rings. The molecule has 4 N–H and O–H groups in total. The maximum atomic E-state index is 11.0. The number of nitrogens with two attached hydrogens (primary N) is 1. The monoisotopic (exact) mass is 199 g/mol. The van der Waals surface area contributed by atoms with Crippen molar-refractivity contribution < 1.29 is 4.79 Å². The zero-order valence-corrected chi connectivity index (χ0v) is 9.05. The standard InChI is InChI=1S/C10H21N3O/c1-3-4-5-6-13-9(8-11)7-10(14)12-2/h3-4,9,13H,5-8,11H2,1-2H3,(H,12,14)/b4-3+. The van der Waals surface area contributed by atoms with Crippen LogP contribution in [-0.4, -0.2) is 32.1 Å². The molecule has 0 rings (SSSR count). The van der Waals surface area contributed by atoms with E-state index in [2.05, 4.69) is 16.7 Å². The van der Waals surface area contributed by atoms with E-state index < -0.39 is 0 Å². The molecule has 0 fully saturated rings. The predicted octanol–water partition coefficient (Wildman–Crippen LogP) is 0.00560. The van der Waals surface area contributed by atoms with E-state index in [-0.39, 0.29) is 11.9 Å². The van der Waals surface area contributed by atoms with Gasteiger partial charge in [0.05, 0.1) is 0 Å². The molecular formula is C10H21N3O. The van der Waals surface area contributed by atoms with Crippen molar-refractivity contribution in [2.24, 2.45) is 5.73 Å². The first-order valence-electron chi connectivity index (χ1n) is 4.99. The molecule has 1 amide bonds. The lowest BCUT2D eigenvalue weighted by molar-refractivity contribution is -0.121. The Bertz CT molecular complexity index is 180. The Hall–Kier alpha value is -0.870. The first-order chi connectivity index (χ1) is 6.74. The van der Waals surface area contributed by atoms with Gasteiger partial charge >= 0.3 is 0 Å². The van der Waals surface area contributed by atoms with Crippen LogP contribution >= 0.6 is 0 Å². The molecule has 0 aromatic carbocycles. The smallest absolute Gasteiger partial charge is 0.221 e. The molecule has 82 valence electrons. The molecule has 0 heterocycles. The van der Waals surface area contributed by atoms with Gasteiger partial charge in [-0.05, 0) is 19.9 Å². The second-order valence-corrected chi connectivity index (χ2v) is 3.12. The Balaban J connectivity index is 3.62. The summed E-state index contributed by atoms with van der Waals surface area (Å²) in [7, 11) is 1.63. The Morgan fingerprint density at radius 3 is 2.79 bits per heavy atom. The molecule has 0 aromatic heterocycles. The Kier molecular flexibility index (Phi) is 8.17. The number of rotatable bonds is 7. The molecule has 0 aliphatic heterocycles. The second kappa shape index (κ2) is 8.72. The average Bonchev–Trinajstić information content (AvgIpc) is 2.22. The molecule has 4 nitrogen and oxygen atoms in total. The number of nitrogens with one attached hydrogen (secondary N) is 2. The summed E-state index contributed by atoms with van der Waals surface area (Å²) in [4.78, 5) is 11.0. The molecule has 0 aliphatic carbocycles. The number of allylic oxidation sites excluding steroid dienone is 1. The number of amides is 1. The highest BCUT2D eigenvalue weighted by Gasteiger charge is 2.09. The predicted molar refractivity (Wildman–Crippen MR) is 59.0 cm³/mol. The van der Waals surface area contributed by atoms with Gasteiger partial charge in [0.25, 0.3) is 0 Å². The minimum atomic E-state index is 0.0268. The van der Waals surface area contributed by atoms with Crippen molar-refractivity contribution in [1.82, 2.24) is 10.6 Å². The van der Waals surface area contributed by atoms with Gasteiger partial charge in [-0.1, -0.05) is 12.2 Å². The maximum Gasteiger partial charge on any atom is 0.221 e. The largest absolute Gasteiger partial charge is 0.359 e. The van der Waals surface area contributed by atoms with Crippen LogP contribution in [0.25, 0.3) is 0 Å². The van der Waals surface area contributed by atoms with Gasteiger partial charge in [-0.3, -0.25) is 4.79 Å². The molecule has 1 unspecified atom stereocenters. The SMILES string of the molecule is C/C=C/CCNC(CN)CC(=O)NC. The molecule has 0 spiro atoms. The van der Waals surface area contributed by atoms with Crippen LogP contribution in [0.3, 0.4) is 0 Å². The highest BCUT2D eigenvalue weighted by Crippen LogP contribution is 1.90. The van der Waals surface area contributed by atoms with Crippen LogP contribution in [0.5, 0.6) is 0 Å². The van der Waals surface area contributed by atoms with Gasteiger partial charge in [-0.2, -0.15) is 0 Å². The third kappa shape index (κ3) is 6.62. The summed E-state index contributed by atoms with van der Waals surface area (Å²) in [5, 5.41) is 5.82. The third-order valence-electron chi connectivity index (χ3n) is 1.97. The normalized spacial score (nSPS) is 13.1. The highest BCUT2D eigenvalue weighted by molar-refractivity contribution is 5.76. The first kappa shape index (κ1) is 13.1. The van der Waals surface area contributed by atoms with Gasteiger partial charge in [0.1, 0.15) is 0 Å². The van der Waals surface area contributed by atoms with Gasteiger partial charge in [-0.15, -0.1) is 0 Å². The van der Waals surface area contributed by atoms with Crippen LogP contribution in [0.1, 0.15) is 19.8 Å². The number of carbonyl (C=O) groups excluding carboxylic acids is 1. The van der Waals surface area contributed by atoms with Gasteiger partial charge in [0, 0.05) is 26.1 Å². The van der Waals surface area contributed by atoms with E-state index >= 15 is 0 Å². The lowest BCUT2D eigenvalue weighted by atomic mass is 10.2. The van der Waals surface area contributed by atoms with Crippen molar-refractivity contribution in [2.75, 3.05) is 20.1 Å². The summed E-state index contributed by atoms with van der Waals surface area (Å²) < 4.78 is 0. The van der Waals surface area contributed by atoms with Gasteiger partial charge in [-0.25, -0.2) is 0 Å². The van der Waals surface area contributed by atoms with Crippen molar-refractivity contribution in [2.45, 2.75) is 25.8 Å². The van der Waals surface area contributed by atoms with E-state index in [0.29, 0.717) is 13.0 Å². The minimum Gasteiger partial charge on any atom is -0.359 e. The van der Waals surface area contributed by atoms with E-state index in [1.54, 1.807) is 7.05 Å². The van der Waals surface area contributed by atoms with E-state index in [1.165, 1.54) is 0 Å². The number of hydrogen-bond acceptors (Lipinski definition) is 3. The fourth-order valence-corrected chi connectivity index (χ4v) is 1.10. The molecule has 0 saturated carbocycles. The minimum absolute atomic E-state index is 0.0268. The zero-order chi connectivity index (χ0) is 10.8. The number of carbonyl (C=O) groups is 1. The van der Waals surface area contributed by atoms with Crippen LogP contribution in [0.4, 0.5) is 0 Å². The summed E-state index contributed by atoms with van der Waals surface area (Å²) in [5.41, 5.74) is 5.53. The number of hydrogen-bond donors (Lipinski definition) is 3. The third-order valence-corrected chi connectivity index (χ3v) is 1.97. The van der Waals surface area contributed by atoms with Crippen LogP contribution < -0.4 is 16.4 Å². The molecule has 1 atom stereocenters. The van der Waals surface area contributed by atoms with E-state index in [4.69, 9.17) is 5.73 Å². The highest BCUT2D eigenvalue weighted by atomic mass is 16.1. The van der Waals surface area contributed by atoms with Crippen molar-refractivity contribution >= 4 is 5.91 Å². The van der Waals surface area contributed by atoms with Gasteiger partial charge in [0.15, 0.2) is 0 Å². The molecule has 0 aromatic rings. The Morgan fingerprint density at radius 1 is 1.57 bits per heavy atom. The van der Waals surface area contributed by atoms with Crippen molar-refractivity contribution in [3.63, 3.8) is 0 Å². The van der Waals surface area contributed by atoms with E-state index in [0.717, 1.165) is 13.0 Å². The van der Waals surface area contributed by atoms with E-state index in [9.17, 15) is 4.79 Å². The van der Waals surface area contributed by atoms with Crippen molar-refractivity contribution in [3.05, 3.63) is 12.2 Å². The van der Waals surface area contributed by atoms with E-state index in [1.807, 2.05) is 13.0 Å². The van der Waals surface area contributed by atoms with Crippen molar-refractivity contribution in [3.8, 4) is 0 Å². The van der Waals surface area contributed by atoms with Crippen LogP contribution in [-0.2, 0) is 4.79 Å². The molecule has 4 heteroatoms. The summed E-state index contributed by atoms with van der Waals surface area (Å²) >= 11 is 0. The lowest BCUT2D eigenvalue weighted by Gasteiger charge is -2.14. The molecule has 0 bridgehead atoms. The summed E-state index contributed by atoms with van der Waals surface area (Å²) in [6.45, 7) is 3.34. The fraction of sp³-hybridized carbons (Fsp3) is 0.700. The molecule has 0 radical (unpaired) electrons. The van der Waals surface area contributed by atoms with Crippen LogP contribution in [0.15, 0.2) is 12.2 Å². The molecular weight excluding hydrogens is 178 g/mol. The lowest BCUT2D eigenvalue weighted by Crippen LogP contribution is -2.40. The fourth-order valence-electron chi connectivity index (χ4n) is 1.10. The van der Waals surface area contributed by atoms with Crippen LogP contribution in [0.2, 0.25) is 0 Å². The maximum absolute atomic E-state index is 11.0. The first-order valence-corrected chi connectivity index (χ1v) is 4.99. The van der Waals surface area contributed by atoms with Gasteiger partial charge in [0.2, 0.25) is 5.91 Å². The summed E-state index contributed by atoms with van der Waals surface area (Å²) in [6.07, 6.45) is 5.52. The Labute approximate surface area is 85.9 Å². The average molecular weight is 199 g/mol. The molecule has 14 heavy (non-hydrogen) atoms. The summed E-state index contributed by atoms with van der Waals surface area (Å²) in [6, 6.07) is 0.0835. The van der Waals surface area contributed by atoms with Gasteiger partial charge < -0.3 is 16.4 Å². The van der Waals surface area contributed by atoms with Crippen molar-refractivity contribution in [1.29, 1.82) is 0 Å². The summed E-state index contributed by atoms with van der Waals surface area (Å²) in [5.74, 6) is 0.0268. The zero-order valence-electron chi connectivity index (χ0n) is 9.05. The second-order valence-electron chi connectivity index (χ2n) is 3.12. The van der Waals surface area contributed by atoms with Crippen LogP contribution in [0, 0.1) is 0 Å². The Morgan fingerprint density at radius 2 is 2.29 bits per heavy atom. The topological polar surface area (TPSA) is 67.1 Å². The quantitative estimate of drug-likeness (QED) is 0.399.